The summed E-state index contributed by atoms with van der Waals surface area (Å²) in [4.78, 5) is 10.9. The first-order valence-corrected chi connectivity index (χ1v) is 4.14. The third kappa shape index (κ3) is 4.79. The van der Waals surface area contributed by atoms with Crippen molar-refractivity contribution in [3.8, 4) is 0 Å². The lowest BCUT2D eigenvalue weighted by atomic mass is 10.2. The smallest absolute Gasteiger partial charge is 0.220 e. The van der Waals surface area contributed by atoms with Crippen molar-refractivity contribution in [1.82, 2.24) is 5.32 Å². The van der Waals surface area contributed by atoms with E-state index in [-0.39, 0.29) is 18.6 Å². The lowest BCUT2D eigenvalue weighted by molar-refractivity contribution is -0.122. The molecule has 11 heavy (non-hydrogen) atoms. The predicted octanol–water partition coefficient (Wildman–Crippen LogP) is 0.674. The Bertz CT molecular complexity index is 111. The van der Waals surface area contributed by atoms with E-state index in [4.69, 9.17) is 5.11 Å². The average Bonchev–Trinajstić information content (AvgIpc) is 2.01. The van der Waals surface area contributed by atoms with Gasteiger partial charge in [0, 0.05) is 6.42 Å². The van der Waals surface area contributed by atoms with Crippen molar-refractivity contribution >= 4 is 5.91 Å². The monoisotopic (exact) mass is 159 g/mol. The van der Waals surface area contributed by atoms with Crippen LogP contribution in [0.1, 0.15) is 33.1 Å². The van der Waals surface area contributed by atoms with Gasteiger partial charge in [-0.2, -0.15) is 0 Å². The van der Waals surface area contributed by atoms with Crippen molar-refractivity contribution in [1.29, 1.82) is 0 Å². The summed E-state index contributed by atoms with van der Waals surface area (Å²) in [5.41, 5.74) is 0. The van der Waals surface area contributed by atoms with Crippen LogP contribution in [0.4, 0.5) is 0 Å². The zero-order valence-electron chi connectivity index (χ0n) is 7.26. The minimum Gasteiger partial charge on any atom is -0.394 e. The SMILES string of the molecule is CCCC(=O)N[C@H](CC)CO. The van der Waals surface area contributed by atoms with Gasteiger partial charge in [-0.25, -0.2) is 0 Å². The van der Waals surface area contributed by atoms with Gasteiger partial charge >= 0.3 is 0 Å². The predicted molar refractivity (Wildman–Crippen MR) is 44.2 cm³/mol. The van der Waals surface area contributed by atoms with Crippen LogP contribution in [-0.2, 0) is 4.79 Å². The maximum atomic E-state index is 10.9. The summed E-state index contributed by atoms with van der Waals surface area (Å²) >= 11 is 0. The second kappa shape index (κ2) is 6.16. The highest BCUT2D eigenvalue weighted by Gasteiger charge is 2.06. The normalized spacial score (nSPS) is 12.6. The minimum absolute atomic E-state index is 0.0337. The molecule has 0 saturated carbocycles. The first-order valence-electron chi connectivity index (χ1n) is 4.14. The van der Waals surface area contributed by atoms with Gasteiger partial charge in [0.25, 0.3) is 0 Å². The van der Waals surface area contributed by atoms with E-state index in [0.29, 0.717) is 6.42 Å². The Hall–Kier alpha value is -0.570. The number of hydrogen-bond acceptors (Lipinski definition) is 2. The summed E-state index contributed by atoms with van der Waals surface area (Å²) in [6, 6.07) is -0.0611. The molecule has 0 aliphatic heterocycles. The fraction of sp³-hybridized carbons (Fsp3) is 0.875. The molecule has 0 saturated heterocycles. The first-order chi connectivity index (χ1) is 5.24. The van der Waals surface area contributed by atoms with Crippen LogP contribution >= 0.6 is 0 Å². The summed E-state index contributed by atoms with van der Waals surface area (Å²) in [5.74, 6) is 0.0356. The molecule has 3 nitrogen and oxygen atoms in total. The summed E-state index contributed by atoms with van der Waals surface area (Å²) in [7, 11) is 0. The topological polar surface area (TPSA) is 49.3 Å². The van der Waals surface area contributed by atoms with Crippen molar-refractivity contribution in [3.05, 3.63) is 0 Å². The fourth-order valence-electron chi connectivity index (χ4n) is 0.804. The molecule has 0 fully saturated rings. The zero-order chi connectivity index (χ0) is 8.69. The molecule has 2 N–H and O–H groups in total. The molecule has 3 heteroatoms. The van der Waals surface area contributed by atoms with Gasteiger partial charge in [-0.1, -0.05) is 13.8 Å². The Morgan fingerprint density at radius 1 is 1.55 bits per heavy atom. The molecular formula is C8H17NO2. The molecule has 0 aromatic carbocycles. The van der Waals surface area contributed by atoms with Crippen LogP contribution < -0.4 is 5.32 Å². The van der Waals surface area contributed by atoms with E-state index in [1.807, 2.05) is 13.8 Å². The van der Waals surface area contributed by atoms with E-state index in [2.05, 4.69) is 5.32 Å². The summed E-state index contributed by atoms with van der Waals surface area (Å²) in [6.07, 6.45) is 2.19. The van der Waals surface area contributed by atoms with E-state index in [0.717, 1.165) is 12.8 Å². The van der Waals surface area contributed by atoms with Crippen LogP contribution in [0.25, 0.3) is 0 Å². The summed E-state index contributed by atoms with van der Waals surface area (Å²) in [6.45, 7) is 3.93. The number of aliphatic hydroxyl groups is 1. The van der Waals surface area contributed by atoms with Crippen molar-refractivity contribution in [2.45, 2.75) is 39.2 Å². The standard InChI is InChI=1S/C8H17NO2/c1-3-5-8(11)9-7(4-2)6-10/h7,10H,3-6H2,1-2H3,(H,9,11)/t7-/m1/s1. The molecule has 1 atom stereocenters. The van der Waals surface area contributed by atoms with Crippen molar-refractivity contribution in [2.75, 3.05) is 6.61 Å². The molecule has 1 amide bonds. The Morgan fingerprint density at radius 3 is 2.55 bits per heavy atom. The molecule has 0 rings (SSSR count). The number of aliphatic hydroxyl groups excluding tert-OH is 1. The lowest BCUT2D eigenvalue weighted by Gasteiger charge is -2.12. The van der Waals surface area contributed by atoms with Crippen molar-refractivity contribution in [3.63, 3.8) is 0 Å². The molecule has 0 radical (unpaired) electrons. The van der Waals surface area contributed by atoms with Gasteiger partial charge in [0.1, 0.15) is 0 Å². The highest BCUT2D eigenvalue weighted by molar-refractivity contribution is 5.76. The number of hydrogen-bond donors (Lipinski definition) is 2. The maximum Gasteiger partial charge on any atom is 0.220 e. The fourth-order valence-corrected chi connectivity index (χ4v) is 0.804. The Balaban J connectivity index is 3.54. The van der Waals surface area contributed by atoms with E-state index >= 15 is 0 Å². The van der Waals surface area contributed by atoms with Crippen molar-refractivity contribution < 1.29 is 9.90 Å². The van der Waals surface area contributed by atoms with Gasteiger partial charge in [0.2, 0.25) is 5.91 Å². The summed E-state index contributed by atoms with van der Waals surface area (Å²) in [5, 5.41) is 11.5. The van der Waals surface area contributed by atoms with E-state index < -0.39 is 0 Å². The molecule has 0 aliphatic rings. The molecule has 66 valence electrons. The third-order valence-electron chi connectivity index (χ3n) is 1.56. The highest BCUT2D eigenvalue weighted by Crippen LogP contribution is 1.92. The number of carbonyl (C=O) groups is 1. The molecule has 0 aliphatic carbocycles. The number of nitrogens with one attached hydrogen (secondary N) is 1. The molecule has 0 aromatic rings. The van der Waals surface area contributed by atoms with Gasteiger partial charge in [0.15, 0.2) is 0 Å². The lowest BCUT2D eigenvalue weighted by Crippen LogP contribution is -2.36. The Labute approximate surface area is 67.8 Å². The van der Waals surface area contributed by atoms with Crippen LogP contribution in [0.3, 0.4) is 0 Å². The van der Waals surface area contributed by atoms with Gasteiger partial charge in [0.05, 0.1) is 12.6 Å². The van der Waals surface area contributed by atoms with E-state index in [9.17, 15) is 4.79 Å². The zero-order valence-corrected chi connectivity index (χ0v) is 7.26. The number of carbonyl (C=O) groups excluding carboxylic acids is 1. The second-order valence-corrected chi connectivity index (χ2v) is 2.61. The summed E-state index contributed by atoms with van der Waals surface area (Å²) < 4.78 is 0. The van der Waals surface area contributed by atoms with Gasteiger partial charge < -0.3 is 10.4 Å². The average molecular weight is 159 g/mol. The van der Waals surface area contributed by atoms with Crippen LogP contribution in [0.15, 0.2) is 0 Å². The van der Waals surface area contributed by atoms with Gasteiger partial charge in [-0.15, -0.1) is 0 Å². The maximum absolute atomic E-state index is 10.9. The molecule has 0 spiro atoms. The molecular weight excluding hydrogens is 142 g/mol. The molecule has 0 aromatic heterocycles. The number of rotatable bonds is 5. The van der Waals surface area contributed by atoms with Crippen molar-refractivity contribution in [2.24, 2.45) is 0 Å². The molecule has 0 heterocycles. The first kappa shape index (κ1) is 10.4. The van der Waals surface area contributed by atoms with Gasteiger partial charge in [-0.05, 0) is 12.8 Å². The quantitative estimate of drug-likeness (QED) is 0.619. The highest BCUT2D eigenvalue weighted by atomic mass is 16.3. The van der Waals surface area contributed by atoms with Crippen LogP contribution in [0.5, 0.6) is 0 Å². The van der Waals surface area contributed by atoms with Crippen LogP contribution in [0, 0.1) is 0 Å². The number of amides is 1. The molecule has 0 unspecified atom stereocenters. The molecule has 0 bridgehead atoms. The minimum atomic E-state index is -0.0611. The Kier molecular flexibility index (Phi) is 5.84. The van der Waals surface area contributed by atoms with E-state index in [1.165, 1.54) is 0 Å². The van der Waals surface area contributed by atoms with E-state index in [1.54, 1.807) is 0 Å². The second-order valence-electron chi connectivity index (χ2n) is 2.61. The van der Waals surface area contributed by atoms with Crippen LogP contribution in [0.2, 0.25) is 0 Å². The Morgan fingerprint density at radius 2 is 2.18 bits per heavy atom. The van der Waals surface area contributed by atoms with Gasteiger partial charge in [-0.3, -0.25) is 4.79 Å². The van der Waals surface area contributed by atoms with Crippen LogP contribution in [-0.4, -0.2) is 23.7 Å². The largest absolute Gasteiger partial charge is 0.394 e. The third-order valence-corrected chi connectivity index (χ3v) is 1.56.